The fraction of sp³-hybridized carbons (Fsp3) is 0.423. The minimum Gasteiger partial charge on any atom is -0.423 e. The number of benzene rings is 2. The van der Waals surface area contributed by atoms with Crippen molar-refractivity contribution in [2.24, 2.45) is 11.8 Å². The summed E-state index contributed by atoms with van der Waals surface area (Å²) in [6.07, 6.45) is 9.41. The van der Waals surface area contributed by atoms with Gasteiger partial charge in [-0.3, -0.25) is 0 Å². The van der Waals surface area contributed by atoms with E-state index in [1.54, 1.807) is 0 Å². The van der Waals surface area contributed by atoms with Gasteiger partial charge in [-0.1, -0.05) is 64.0 Å². The van der Waals surface area contributed by atoms with E-state index < -0.39 is 0 Å². The Morgan fingerprint density at radius 3 is 2.36 bits per heavy atom. The van der Waals surface area contributed by atoms with E-state index in [1.807, 2.05) is 36.4 Å². The summed E-state index contributed by atoms with van der Waals surface area (Å²) in [6.45, 7) is 6.73. The van der Waals surface area contributed by atoms with Gasteiger partial charge in [0.05, 0.1) is 5.56 Å². The van der Waals surface area contributed by atoms with Crippen LogP contribution in [0.4, 0.5) is 0 Å². The van der Waals surface area contributed by atoms with Crippen LogP contribution in [0.2, 0.25) is 0 Å². The Morgan fingerprint density at radius 1 is 1.07 bits per heavy atom. The quantitative estimate of drug-likeness (QED) is 0.381. The fourth-order valence-corrected chi connectivity index (χ4v) is 3.75. The molecule has 0 saturated heterocycles. The summed E-state index contributed by atoms with van der Waals surface area (Å²) in [7, 11) is 0. The summed E-state index contributed by atoms with van der Waals surface area (Å²) in [6, 6.07) is 15.7. The molecule has 0 aromatic heterocycles. The van der Waals surface area contributed by atoms with Gasteiger partial charge in [0.15, 0.2) is 0 Å². The topological polar surface area (TPSA) is 26.3 Å². The van der Waals surface area contributed by atoms with E-state index in [1.165, 1.54) is 42.4 Å². The van der Waals surface area contributed by atoms with E-state index in [0.717, 1.165) is 18.8 Å². The molecule has 0 radical (unpaired) electrons. The molecule has 3 rings (SSSR count). The minimum absolute atomic E-state index is 0.301. The van der Waals surface area contributed by atoms with Crippen LogP contribution in [0.3, 0.4) is 0 Å². The van der Waals surface area contributed by atoms with Crippen LogP contribution >= 0.6 is 0 Å². The summed E-state index contributed by atoms with van der Waals surface area (Å²) < 4.78 is 5.55. The van der Waals surface area contributed by atoms with Gasteiger partial charge in [-0.15, -0.1) is 0 Å². The Hall–Kier alpha value is -2.35. The van der Waals surface area contributed by atoms with Gasteiger partial charge in [-0.25, -0.2) is 4.79 Å². The van der Waals surface area contributed by atoms with E-state index in [9.17, 15) is 4.79 Å². The molecule has 28 heavy (non-hydrogen) atoms. The van der Waals surface area contributed by atoms with Crippen molar-refractivity contribution >= 4 is 11.5 Å². The molecule has 0 heterocycles. The standard InChI is InChI=1S/C26H32O2/c1-4-19(3)18-21-8-16-25(17-9-21)28-26(27)24-14-12-23(13-15-24)22-10-6-20(5-2)7-11-22/h8-10,12-17,19-20H,4-7,11,18H2,1-3H3. The van der Waals surface area contributed by atoms with Crippen LogP contribution in [0.15, 0.2) is 54.6 Å². The third-order valence-electron chi connectivity index (χ3n) is 6.00. The second-order valence-corrected chi connectivity index (χ2v) is 8.11. The van der Waals surface area contributed by atoms with Crippen LogP contribution in [0.25, 0.3) is 5.57 Å². The zero-order valence-electron chi connectivity index (χ0n) is 17.4. The molecule has 2 heteroatoms. The lowest BCUT2D eigenvalue weighted by Gasteiger charge is -2.20. The van der Waals surface area contributed by atoms with E-state index in [2.05, 4.69) is 39.0 Å². The molecule has 0 bridgehead atoms. The molecule has 2 aromatic rings. The van der Waals surface area contributed by atoms with Crippen molar-refractivity contribution in [3.63, 3.8) is 0 Å². The average Bonchev–Trinajstić information content (AvgIpc) is 2.75. The van der Waals surface area contributed by atoms with Gasteiger partial charge in [-0.05, 0) is 78.5 Å². The third kappa shape index (κ3) is 5.34. The van der Waals surface area contributed by atoms with Crippen LogP contribution in [0, 0.1) is 11.8 Å². The molecular formula is C26H32O2. The van der Waals surface area contributed by atoms with Gasteiger partial charge in [0.25, 0.3) is 0 Å². The first kappa shape index (κ1) is 20.4. The van der Waals surface area contributed by atoms with Crippen LogP contribution in [0.5, 0.6) is 5.75 Å². The second-order valence-electron chi connectivity index (χ2n) is 8.11. The average molecular weight is 377 g/mol. The Labute approximate surface area is 169 Å². The van der Waals surface area contributed by atoms with Gasteiger partial charge in [-0.2, -0.15) is 0 Å². The first-order valence-electron chi connectivity index (χ1n) is 10.7. The van der Waals surface area contributed by atoms with Crippen LogP contribution < -0.4 is 4.74 Å². The number of carbonyl (C=O) groups is 1. The maximum Gasteiger partial charge on any atom is 0.343 e. The van der Waals surface area contributed by atoms with Crippen LogP contribution in [-0.2, 0) is 6.42 Å². The van der Waals surface area contributed by atoms with Gasteiger partial charge < -0.3 is 4.74 Å². The number of hydrogen-bond acceptors (Lipinski definition) is 2. The first-order chi connectivity index (χ1) is 13.6. The van der Waals surface area contributed by atoms with Gasteiger partial charge in [0, 0.05) is 0 Å². The molecule has 2 aromatic carbocycles. The van der Waals surface area contributed by atoms with Gasteiger partial charge in [0.2, 0.25) is 0 Å². The monoisotopic (exact) mass is 376 g/mol. The third-order valence-corrected chi connectivity index (χ3v) is 6.00. The number of rotatable bonds is 7. The van der Waals surface area contributed by atoms with E-state index in [0.29, 0.717) is 17.2 Å². The molecule has 0 amide bonds. The van der Waals surface area contributed by atoms with Crippen LogP contribution in [0.1, 0.15) is 74.4 Å². The van der Waals surface area contributed by atoms with E-state index in [-0.39, 0.29) is 5.97 Å². The number of hydrogen-bond donors (Lipinski definition) is 0. The van der Waals surface area contributed by atoms with Crippen molar-refractivity contribution in [1.29, 1.82) is 0 Å². The Kier molecular flexibility index (Phi) is 7.08. The highest BCUT2D eigenvalue weighted by Crippen LogP contribution is 2.31. The van der Waals surface area contributed by atoms with Crippen molar-refractivity contribution in [2.75, 3.05) is 0 Å². The molecule has 0 N–H and O–H groups in total. The largest absolute Gasteiger partial charge is 0.423 e. The predicted molar refractivity (Wildman–Crippen MR) is 117 cm³/mol. The van der Waals surface area contributed by atoms with Crippen molar-refractivity contribution in [2.45, 2.75) is 59.3 Å². The minimum atomic E-state index is -0.301. The summed E-state index contributed by atoms with van der Waals surface area (Å²) in [5.74, 6) is 1.79. The number of ether oxygens (including phenoxy) is 1. The van der Waals surface area contributed by atoms with Crippen molar-refractivity contribution in [3.8, 4) is 5.75 Å². The zero-order chi connectivity index (χ0) is 19.9. The van der Waals surface area contributed by atoms with E-state index >= 15 is 0 Å². The van der Waals surface area contributed by atoms with Crippen molar-refractivity contribution < 1.29 is 9.53 Å². The molecule has 2 nitrogen and oxygen atoms in total. The molecule has 1 aliphatic carbocycles. The Balaban J connectivity index is 1.60. The van der Waals surface area contributed by atoms with Gasteiger partial charge in [0.1, 0.15) is 5.75 Å². The van der Waals surface area contributed by atoms with Gasteiger partial charge >= 0.3 is 5.97 Å². The normalized spacial score (nSPS) is 17.7. The molecular weight excluding hydrogens is 344 g/mol. The second kappa shape index (κ2) is 9.73. The zero-order valence-corrected chi connectivity index (χ0v) is 17.4. The predicted octanol–water partition coefficient (Wildman–Crippen LogP) is 7.09. The highest BCUT2D eigenvalue weighted by Gasteiger charge is 2.15. The number of carbonyl (C=O) groups excluding carboxylic acids is 1. The number of allylic oxidation sites excluding steroid dienone is 2. The molecule has 2 atom stereocenters. The van der Waals surface area contributed by atoms with Crippen molar-refractivity contribution in [3.05, 3.63) is 71.3 Å². The highest BCUT2D eigenvalue weighted by atomic mass is 16.5. The fourth-order valence-electron chi connectivity index (χ4n) is 3.75. The Morgan fingerprint density at radius 2 is 1.79 bits per heavy atom. The molecule has 0 aliphatic heterocycles. The first-order valence-corrected chi connectivity index (χ1v) is 10.7. The molecule has 1 aliphatic rings. The van der Waals surface area contributed by atoms with Crippen molar-refractivity contribution in [1.82, 2.24) is 0 Å². The highest BCUT2D eigenvalue weighted by molar-refractivity contribution is 5.91. The smallest absolute Gasteiger partial charge is 0.343 e. The molecule has 0 fully saturated rings. The maximum atomic E-state index is 12.5. The summed E-state index contributed by atoms with van der Waals surface area (Å²) in [4.78, 5) is 12.5. The maximum absolute atomic E-state index is 12.5. The lowest BCUT2D eigenvalue weighted by molar-refractivity contribution is 0.0734. The van der Waals surface area contributed by atoms with Crippen LogP contribution in [-0.4, -0.2) is 5.97 Å². The summed E-state index contributed by atoms with van der Waals surface area (Å²) in [5, 5.41) is 0. The molecule has 2 unspecified atom stereocenters. The summed E-state index contributed by atoms with van der Waals surface area (Å²) in [5.41, 5.74) is 4.50. The summed E-state index contributed by atoms with van der Waals surface area (Å²) >= 11 is 0. The Bertz CT molecular complexity index is 799. The lowest BCUT2D eigenvalue weighted by Crippen LogP contribution is -2.09. The molecule has 0 saturated carbocycles. The SMILES string of the molecule is CCC(C)Cc1ccc(OC(=O)c2ccc(C3=CCC(CC)CC3)cc2)cc1. The molecule has 0 spiro atoms. The van der Waals surface area contributed by atoms with E-state index in [4.69, 9.17) is 4.74 Å². The lowest BCUT2D eigenvalue weighted by atomic mass is 9.85. The molecule has 148 valence electrons. The number of esters is 1.